The minimum atomic E-state index is -3.51. The highest BCUT2D eigenvalue weighted by molar-refractivity contribution is 7.91. The van der Waals surface area contributed by atoms with Crippen LogP contribution < -0.4 is 10.9 Å². The molecule has 0 atom stereocenters. The van der Waals surface area contributed by atoms with Gasteiger partial charge in [0.25, 0.3) is 15.9 Å². The first kappa shape index (κ1) is 22.4. The molecule has 0 saturated carbocycles. The second kappa shape index (κ2) is 9.39. The van der Waals surface area contributed by atoms with Gasteiger partial charge in [0.1, 0.15) is 16.6 Å². The number of hydrogen-bond donors (Lipinski definition) is 2. The van der Waals surface area contributed by atoms with Gasteiger partial charge in [0, 0.05) is 25.4 Å². The van der Waals surface area contributed by atoms with Gasteiger partial charge >= 0.3 is 0 Å². The molecule has 4 rings (SSSR count). The number of aryl methyl sites for hydroxylation is 1. The molecule has 0 bridgehead atoms. The SMILES string of the molecule is CCc1nc2ccccc2n1CC(=O)NNC(=O)C1CCN(S(=O)(=O)c2cccs2)CC1. The summed E-state index contributed by atoms with van der Waals surface area (Å²) in [5.74, 6) is -0.219. The number of carbonyl (C=O) groups is 2. The first-order valence-corrected chi connectivity index (χ1v) is 12.8. The molecule has 2 aromatic heterocycles. The lowest BCUT2D eigenvalue weighted by Gasteiger charge is -2.30. The summed E-state index contributed by atoms with van der Waals surface area (Å²) < 4.78 is 28.8. The first-order valence-electron chi connectivity index (χ1n) is 10.5. The number of thiophene rings is 1. The highest BCUT2D eigenvalue weighted by atomic mass is 32.2. The second-order valence-corrected chi connectivity index (χ2v) is 10.7. The molecule has 1 fully saturated rings. The molecule has 1 aromatic carbocycles. The van der Waals surface area contributed by atoms with Crippen molar-refractivity contribution in [3.8, 4) is 0 Å². The Morgan fingerprint density at radius 2 is 1.88 bits per heavy atom. The van der Waals surface area contributed by atoms with E-state index in [9.17, 15) is 18.0 Å². The number of carbonyl (C=O) groups excluding carboxylic acids is 2. The molecule has 32 heavy (non-hydrogen) atoms. The van der Waals surface area contributed by atoms with Crippen molar-refractivity contribution in [2.45, 2.75) is 36.9 Å². The lowest BCUT2D eigenvalue weighted by atomic mass is 9.98. The number of rotatable bonds is 6. The van der Waals surface area contributed by atoms with E-state index in [1.165, 1.54) is 15.6 Å². The third kappa shape index (κ3) is 4.54. The molecule has 11 heteroatoms. The van der Waals surface area contributed by atoms with Crippen molar-refractivity contribution >= 4 is 44.2 Å². The van der Waals surface area contributed by atoms with Gasteiger partial charge in [-0.2, -0.15) is 4.31 Å². The van der Waals surface area contributed by atoms with Crippen LogP contribution in [0.3, 0.4) is 0 Å². The molecule has 2 amide bonds. The van der Waals surface area contributed by atoms with Crippen molar-refractivity contribution in [1.82, 2.24) is 24.7 Å². The van der Waals surface area contributed by atoms with Gasteiger partial charge in [0.15, 0.2) is 0 Å². The summed E-state index contributed by atoms with van der Waals surface area (Å²) in [4.78, 5) is 29.5. The number of aromatic nitrogens is 2. The number of hydrogen-bond acceptors (Lipinski definition) is 6. The maximum atomic E-state index is 12.6. The smallest absolute Gasteiger partial charge is 0.258 e. The standard InChI is InChI=1S/C21H25N5O4S2/c1-2-18-22-16-6-3-4-7-17(16)26(18)14-19(27)23-24-21(28)15-9-11-25(12-10-15)32(29,30)20-8-5-13-31-20/h3-8,13,15H,2,9-12,14H2,1H3,(H,23,27)(H,24,28). The summed E-state index contributed by atoms with van der Waals surface area (Å²) in [5, 5.41) is 1.73. The van der Waals surface area contributed by atoms with Gasteiger partial charge in [-0.1, -0.05) is 25.1 Å². The largest absolute Gasteiger partial charge is 0.318 e. The van der Waals surface area contributed by atoms with Crippen LogP contribution in [0.1, 0.15) is 25.6 Å². The van der Waals surface area contributed by atoms with Gasteiger partial charge in [-0.3, -0.25) is 20.4 Å². The van der Waals surface area contributed by atoms with E-state index in [4.69, 9.17) is 0 Å². The van der Waals surface area contributed by atoms with Crippen LogP contribution in [-0.4, -0.2) is 47.2 Å². The number of para-hydroxylation sites is 2. The minimum absolute atomic E-state index is 0.0431. The first-order chi connectivity index (χ1) is 15.4. The molecule has 2 N–H and O–H groups in total. The van der Waals surface area contributed by atoms with Crippen molar-refractivity contribution in [3.63, 3.8) is 0 Å². The summed E-state index contributed by atoms with van der Waals surface area (Å²) in [6.45, 7) is 2.56. The summed E-state index contributed by atoms with van der Waals surface area (Å²) >= 11 is 1.18. The molecule has 1 aliphatic rings. The molecule has 1 aliphatic heterocycles. The van der Waals surface area contributed by atoms with E-state index in [1.54, 1.807) is 17.5 Å². The number of sulfonamides is 1. The summed E-state index contributed by atoms with van der Waals surface area (Å²) in [5.41, 5.74) is 6.66. The average Bonchev–Trinajstić information content (AvgIpc) is 3.47. The van der Waals surface area contributed by atoms with E-state index >= 15 is 0 Å². The number of imidazole rings is 1. The number of fused-ring (bicyclic) bond motifs is 1. The van der Waals surface area contributed by atoms with Crippen LogP contribution >= 0.6 is 11.3 Å². The molecule has 3 heterocycles. The van der Waals surface area contributed by atoms with Crippen molar-refractivity contribution in [2.75, 3.05) is 13.1 Å². The topological polar surface area (TPSA) is 113 Å². The van der Waals surface area contributed by atoms with Crippen molar-refractivity contribution in [3.05, 3.63) is 47.6 Å². The molecule has 1 saturated heterocycles. The number of nitrogens with one attached hydrogen (secondary N) is 2. The van der Waals surface area contributed by atoms with Crippen molar-refractivity contribution in [2.24, 2.45) is 5.92 Å². The number of benzene rings is 1. The Kier molecular flexibility index (Phi) is 6.58. The van der Waals surface area contributed by atoms with E-state index in [0.717, 1.165) is 16.9 Å². The molecule has 0 unspecified atom stereocenters. The zero-order chi connectivity index (χ0) is 22.7. The molecule has 0 aliphatic carbocycles. The highest BCUT2D eigenvalue weighted by Crippen LogP contribution is 2.26. The predicted octanol–water partition coefficient (Wildman–Crippen LogP) is 1.91. The Hall–Kier alpha value is -2.76. The van der Waals surface area contributed by atoms with Crippen molar-refractivity contribution in [1.29, 1.82) is 0 Å². The monoisotopic (exact) mass is 475 g/mol. The summed E-state index contributed by atoms with van der Waals surface area (Å²) in [6, 6.07) is 10.9. The Morgan fingerprint density at radius 1 is 1.12 bits per heavy atom. The minimum Gasteiger partial charge on any atom is -0.318 e. The van der Waals surface area contributed by atoms with Crippen LogP contribution in [0.5, 0.6) is 0 Å². The maximum absolute atomic E-state index is 12.6. The second-order valence-electron chi connectivity index (χ2n) is 7.60. The van der Waals surface area contributed by atoms with E-state index in [2.05, 4.69) is 15.8 Å². The normalized spacial score (nSPS) is 15.7. The Morgan fingerprint density at radius 3 is 2.56 bits per heavy atom. The molecule has 170 valence electrons. The van der Waals surface area contributed by atoms with Gasteiger partial charge in [-0.05, 0) is 36.4 Å². The fraction of sp³-hybridized carbons (Fsp3) is 0.381. The maximum Gasteiger partial charge on any atom is 0.258 e. The van der Waals surface area contributed by atoms with Crippen LogP contribution in [0.25, 0.3) is 11.0 Å². The fourth-order valence-electron chi connectivity index (χ4n) is 3.88. The zero-order valence-corrected chi connectivity index (χ0v) is 19.3. The zero-order valence-electron chi connectivity index (χ0n) is 17.7. The lowest BCUT2D eigenvalue weighted by Crippen LogP contribution is -2.48. The number of piperidine rings is 1. The third-order valence-corrected chi connectivity index (χ3v) is 8.86. The number of nitrogens with zero attached hydrogens (tertiary/aromatic N) is 3. The number of hydrazine groups is 1. The van der Waals surface area contributed by atoms with Gasteiger partial charge in [-0.15, -0.1) is 11.3 Å². The quantitative estimate of drug-likeness (QED) is 0.529. The van der Waals surface area contributed by atoms with Crippen LogP contribution in [-0.2, 0) is 32.6 Å². The van der Waals surface area contributed by atoms with E-state index in [-0.39, 0.29) is 37.4 Å². The van der Waals surface area contributed by atoms with Crippen LogP contribution in [0, 0.1) is 5.92 Å². The molecule has 9 nitrogen and oxygen atoms in total. The molecule has 3 aromatic rings. The van der Waals surface area contributed by atoms with E-state index in [1.807, 2.05) is 35.8 Å². The van der Waals surface area contributed by atoms with Gasteiger partial charge in [-0.25, -0.2) is 13.4 Å². The van der Waals surface area contributed by atoms with E-state index < -0.39 is 10.0 Å². The van der Waals surface area contributed by atoms with Crippen molar-refractivity contribution < 1.29 is 18.0 Å². The predicted molar refractivity (Wildman–Crippen MR) is 121 cm³/mol. The van der Waals surface area contributed by atoms with Gasteiger partial charge < -0.3 is 4.57 Å². The van der Waals surface area contributed by atoms with Crippen LogP contribution in [0.2, 0.25) is 0 Å². The lowest BCUT2D eigenvalue weighted by molar-refractivity contribution is -0.132. The highest BCUT2D eigenvalue weighted by Gasteiger charge is 2.32. The van der Waals surface area contributed by atoms with Gasteiger partial charge in [0.2, 0.25) is 5.91 Å². The van der Waals surface area contributed by atoms with Gasteiger partial charge in [0.05, 0.1) is 11.0 Å². The summed E-state index contributed by atoms with van der Waals surface area (Å²) in [6.07, 6.45) is 1.48. The Bertz CT molecular complexity index is 1210. The molecule has 0 spiro atoms. The fourth-order valence-corrected chi connectivity index (χ4v) is 6.50. The third-order valence-electron chi connectivity index (χ3n) is 5.59. The number of amides is 2. The molecule has 0 radical (unpaired) electrons. The van der Waals surface area contributed by atoms with Crippen LogP contribution in [0.15, 0.2) is 46.0 Å². The Labute approximate surface area is 190 Å². The summed E-state index contributed by atoms with van der Waals surface area (Å²) in [7, 11) is -3.51. The molecular formula is C21H25N5O4S2. The van der Waals surface area contributed by atoms with Crippen LogP contribution in [0.4, 0.5) is 0 Å². The van der Waals surface area contributed by atoms with E-state index in [0.29, 0.717) is 23.5 Å². The molecular weight excluding hydrogens is 450 g/mol. The Balaban J connectivity index is 1.30. The average molecular weight is 476 g/mol.